The maximum atomic E-state index is 10.3. The van der Waals surface area contributed by atoms with E-state index in [1.165, 1.54) is 17.2 Å². The predicted octanol–water partition coefficient (Wildman–Crippen LogP) is 1.33. The van der Waals surface area contributed by atoms with Gasteiger partial charge in [0, 0.05) is 11.5 Å². The van der Waals surface area contributed by atoms with Gasteiger partial charge in [-0.2, -0.15) is 0 Å². The summed E-state index contributed by atoms with van der Waals surface area (Å²) in [6.07, 6.45) is 0.843. The molecule has 1 fully saturated rings. The Labute approximate surface area is 80.6 Å². The molecule has 1 aromatic carbocycles. The molecule has 0 bridgehead atoms. The first-order valence-electron chi connectivity index (χ1n) is 4.72. The van der Waals surface area contributed by atoms with E-state index in [-0.39, 0.29) is 5.04 Å². The summed E-state index contributed by atoms with van der Waals surface area (Å²) in [6.45, 7) is 1.99. The first-order chi connectivity index (χ1) is 6.16. The monoisotopic (exact) mass is 188 g/mol. The average molecular weight is 188 g/mol. The highest BCUT2D eigenvalue weighted by Crippen LogP contribution is 2.56. The third kappa shape index (κ3) is 0.803. The van der Waals surface area contributed by atoms with Crippen LogP contribution in [-0.2, 0) is 11.5 Å². The molecule has 2 radical (unpaired) electrons. The van der Waals surface area contributed by atoms with Crippen molar-refractivity contribution in [1.29, 1.82) is 0 Å². The molecule has 1 saturated heterocycles. The van der Waals surface area contributed by atoms with Crippen molar-refractivity contribution in [3.63, 3.8) is 0 Å². The second kappa shape index (κ2) is 2.07. The quantitative estimate of drug-likeness (QED) is 0.609. The highest BCUT2D eigenvalue weighted by Gasteiger charge is 2.61. The summed E-state index contributed by atoms with van der Waals surface area (Å²) < 4.78 is 0. The summed E-state index contributed by atoms with van der Waals surface area (Å²) in [4.78, 5) is 0. The van der Waals surface area contributed by atoms with Crippen LogP contribution in [0.5, 0.6) is 0 Å². The zero-order valence-electron chi connectivity index (χ0n) is 7.67. The van der Waals surface area contributed by atoms with Crippen LogP contribution in [0.25, 0.3) is 0 Å². The van der Waals surface area contributed by atoms with Crippen LogP contribution in [0, 0.1) is 0 Å². The molecule has 1 heterocycles. The van der Waals surface area contributed by atoms with E-state index in [4.69, 9.17) is 0 Å². The van der Waals surface area contributed by atoms with E-state index < -0.39 is 5.60 Å². The van der Waals surface area contributed by atoms with Crippen molar-refractivity contribution < 1.29 is 5.11 Å². The van der Waals surface area contributed by atoms with Gasteiger partial charge in [0.15, 0.2) is 0 Å². The summed E-state index contributed by atoms with van der Waals surface area (Å²) in [5, 5.41) is 10.5. The first-order valence-corrected chi connectivity index (χ1v) is 5.92. The molecule has 1 nitrogen and oxygen atoms in total. The summed E-state index contributed by atoms with van der Waals surface area (Å²) in [5.74, 6) is 0. The molecule has 2 aliphatic rings. The van der Waals surface area contributed by atoms with Gasteiger partial charge in [-0.15, -0.1) is 0 Å². The lowest BCUT2D eigenvalue weighted by Crippen LogP contribution is -2.36. The predicted molar refractivity (Wildman–Crippen MR) is 53.0 cm³/mol. The van der Waals surface area contributed by atoms with Crippen LogP contribution in [0.15, 0.2) is 24.3 Å². The number of rotatable bonds is 0. The van der Waals surface area contributed by atoms with Gasteiger partial charge in [0.25, 0.3) is 0 Å². The molecule has 1 aliphatic carbocycles. The summed E-state index contributed by atoms with van der Waals surface area (Å²) in [5.41, 5.74) is 2.30. The van der Waals surface area contributed by atoms with E-state index in [2.05, 4.69) is 24.3 Å². The Balaban J connectivity index is 2.22. The third-order valence-electron chi connectivity index (χ3n) is 3.46. The fourth-order valence-electron chi connectivity index (χ4n) is 2.56. The molecular weight excluding hydrogens is 176 g/mol. The van der Waals surface area contributed by atoms with Crippen LogP contribution >= 0.6 is 0 Å². The highest BCUT2D eigenvalue weighted by atomic mass is 28.2. The second-order valence-corrected chi connectivity index (χ2v) is 5.93. The van der Waals surface area contributed by atoms with Gasteiger partial charge >= 0.3 is 0 Å². The van der Waals surface area contributed by atoms with Crippen molar-refractivity contribution in [1.82, 2.24) is 0 Å². The van der Waals surface area contributed by atoms with E-state index in [1.54, 1.807) is 0 Å². The molecule has 0 saturated carbocycles. The Bertz CT molecular complexity index is 366. The van der Waals surface area contributed by atoms with E-state index in [1.807, 2.05) is 6.92 Å². The van der Waals surface area contributed by atoms with Gasteiger partial charge in [-0.1, -0.05) is 30.3 Å². The van der Waals surface area contributed by atoms with Gasteiger partial charge in [0.2, 0.25) is 0 Å². The van der Waals surface area contributed by atoms with Crippen LogP contribution in [0.1, 0.15) is 18.1 Å². The molecule has 13 heavy (non-hydrogen) atoms. The van der Waals surface area contributed by atoms with E-state index in [0.717, 1.165) is 15.9 Å². The number of fused-ring (bicyclic) bond motifs is 2. The van der Waals surface area contributed by atoms with Crippen LogP contribution in [0.4, 0.5) is 0 Å². The molecule has 1 unspecified atom stereocenters. The molecule has 1 aliphatic heterocycles. The molecule has 0 aromatic heterocycles. The van der Waals surface area contributed by atoms with Crippen molar-refractivity contribution in [2.75, 3.05) is 0 Å². The number of aliphatic hydroxyl groups is 1. The van der Waals surface area contributed by atoms with Gasteiger partial charge in [0.1, 0.15) is 0 Å². The zero-order valence-corrected chi connectivity index (χ0v) is 8.67. The zero-order chi connectivity index (χ0) is 9.10. The molecule has 2 atom stereocenters. The largest absolute Gasteiger partial charge is 0.389 e. The van der Waals surface area contributed by atoms with E-state index in [0.29, 0.717) is 0 Å². The van der Waals surface area contributed by atoms with Crippen molar-refractivity contribution in [3.05, 3.63) is 35.4 Å². The summed E-state index contributed by atoms with van der Waals surface area (Å²) in [6, 6.07) is 9.69. The summed E-state index contributed by atoms with van der Waals surface area (Å²) >= 11 is 0. The Morgan fingerprint density at radius 2 is 2.08 bits per heavy atom. The maximum Gasteiger partial charge on any atom is 0.0724 e. The number of hydrogen-bond donors (Lipinski definition) is 1. The van der Waals surface area contributed by atoms with E-state index >= 15 is 0 Å². The minimum absolute atomic E-state index is 0.156. The SMILES string of the molecule is CC1(O)Cc2ccccc2[C@]12C[Si]2. The number of benzene rings is 1. The van der Waals surface area contributed by atoms with Gasteiger partial charge in [-0.05, 0) is 18.1 Å². The Morgan fingerprint density at radius 3 is 2.77 bits per heavy atom. The first kappa shape index (κ1) is 7.77. The summed E-state index contributed by atoms with van der Waals surface area (Å²) in [7, 11) is 0.926. The molecule has 1 N–H and O–H groups in total. The Morgan fingerprint density at radius 1 is 1.38 bits per heavy atom. The second-order valence-electron chi connectivity index (χ2n) is 4.37. The van der Waals surface area contributed by atoms with Crippen LogP contribution in [0.2, 0.25) is 6.04 Å². The Hall–Kier alpha value is -0.603. The molecule has 2 heteroatoms. The fraction of sp³-hybridized carbons (Fsp3) is 0.455. The van der Waals surface area contributed by atoms with Gasteiger partial charge in [-0.3, -0.25) is 0 Å². The van der Waals surface area contributed by atoms with Gasteiger partial charge in [0.05, 0.1) is 15.1 Å². The molecule has 3 rings (SSSR count). The minimum Gasteiger partial charge on any atom is -0.389 e. The maximum absolute atomic E-state index is 10.3. The average Bonchev–Trinajstić information content (AvgIpc) is 2.81. The molecule has 66 valence electrons. The van der Waals surface area contributed by atoms with Gasteiger partial charge in [-0.25, -0.2) is 0 Å². The smallest absolute Gasteiger partial charge is 0.0724 e. The van der Waals surface area contributed by atoms with Crippen molar-refractivity contribution >= 4 is 9.52 Å². The van der Waals surface area contributed by atoms with Crippen molar-refractivity contribution in [2.45, 2.75) is 30.0 Å². The lowest BCUT2D eigenvalue weighted by atomic mass is 9.91. The van der Waals surface area contributed by atoms with Crippen LogP contribution < -0.4 is 0 Å². The lowest BCUT2D eigenvalue weighted by molar-refractivity contribution is 0.0445. The molecule has 1 aromatic rings. The lowest BCUT2D eigenvalue weighted by Gasteiger charge is -2.25. The molecular formula is C11H12OSi. The van der Waals surface area contributed by atoms with Crippen LogP contribution in [0.3, 0.4) is 0 Å². The Kier molecular flexibility index (Phi) is 1.24. The molecule has 0 amide bonds. The van der Waals surface area contributed by atoms with Crippen LogP contribution in [-0.4, -0.2) is 20.2 Å². The highest BCUT2D eigenvalue weighted by molar-refractivity contribution is 6.55. The number of hydrogen-bond acceptors (Lipinski definition) is 1. The topological polar surface area (TPSA) is 20.2 Å². The molecule has 1 spiro atoms. The van der Waals surface area contributed by atoms with Crippen molar-refractivity contribution in [3.8, 4) is 0 Å². The fourth-order valence-corrected chi connectivity index (χ4v) is 4.21. The minimum atomic E-state index is -0.477. The third-order valence-corrected chi connectivity index (χ3v) is 5.33. The van der Waals surface area contributed by atoms with E-state index in [9.17, 15) is 5.11 Å². The normalized spacial score (nSPS) is 40.8. The van der Waals surface area contributed by atoms with Gasteiger partial charge < -0.3 is 5.11 Å². The standard InChI is InChI=1S/C11H12OSi/c1-10(12)6-8-4-2-3-5-9(8)11(10)7-13-11/h2-5,12H,6-7H2,1H3/t10?,11-/m1/s1. The van der Waals surface area contributed by atoms with Crippen molar-refractivity contribution in [2.24, 2.45) is 0 Å².